The Morgan fingerprint density at radius 3 is 2.57 bits per heavy atom. The molecular formula is C17H28N2OS. The van der Waals surface area contributed by atoms with Crippen molar-refractivity contribution in [3.05, 3.63) is 15.6 Å². The smallest absolute Gasteiger partial charge is 0.223 e. The van der Waals surface area contributed by atoms with E-state index in [-0.39, 0.29) is 11.8 Å². The summed E-state index contributed by atoms with van der Waals surface area (Å²) in [7, 11) is 0. The van der Waals surface area contributed by atoms with Crippen LogP contribution in [0.5, 0.6) is 0 Å². The number of thiazole rings is 1. The number of amides is 1. The number of aromatic nitrogens is 1. The Morgan fingerprint density at radius 2 is 2.00 bits per heavy atom. The minimum Gasteiger partial charge on any atom is -0.349 e. The lowest BCUT2D eigenvalue weighted by Crippen LogP contribution is -2.32. The van der Waals surface area contributed by atoms with E-state index in [1.807, 2.05) is 6.92 Å². The molecule has 1 aliphatic rings. The van der Waals surface area contributed by atoms with E-state index in [0.717, 1.165) is 29.5 Å². The summed E-state index contributed by atoms with van der Waals surface area (Å²) in [5.74, 6) is 1.32. The molecule has 21 heavy (non-hydrogen) atoms. The molecule has 1 aromatic heterocycles. The number of hydrogen-bond donors (Lipinski definition) is 1. The van der Waals surface area contributed by atoms with E-state index in [2.05, 4.69) is 24.1 Å². The molecule has 0 aliphatic heterocycles. The van der Waals surface area contributed by atoms with Crippen molar-refractivity contribution >= 4 is 17.2 Å². The van der Waals surface area contributed by atoms with Crippen LogP contribution in [-0.2, 0) is 11.3 Å². The summed E-state index contributed by atoms with van der Waals surface area (Å²) < 4.78 is 0. The zero-order chi connectivity index (χ0) is 15.2. The maximum absolute atomic E-state index is 12.2. The highest BCUT2D eigenvalue weighted by molar-refractivity contribution is 7.11. The predicted octanol–water partition coefficient (Wildman–Crippen LogP) is 4.37. The fourth-order valence-electron chi connectivity index (χ4n) is 3.13. The van der Waals surface area contributed by atoms with Crippen LogP contribution >= 0.6 is 11.3 Å². The minimum absolute atomic E-state index is 0.227. The lowest BCUT2D eigenvalue weighted by atomic mass is 9.79. The van der Waals surface area contributed by atoms with Gasteiger partial charge in [0.2, 0.25) is 5.91 Å². The van der Waals surface area contributed by atoms with E-state index >= 15 is 0 Å². The second kappa shape index (κ2) is 7.92. The van der Waals surface area contributed by atoms with Crippen molar-refractivity contribution in [1.29, 1.82) is 0 Å². The summed E-state index contributed by atoms with van der Waals surface area (Å²) in [6.45, 7) is 6.94. The zero-order valence-corrected chi connectivity index (χ0v) is 14.4. The molecule has 0 bridgehead atoms. The van der Waals surface area contributed by atoms with Crippen molar-refractivity contribution in [3.8, 4) is 0 Å². The van der Waals surface area contributed by atoms with Crippen LogP contribution in [0.1, 0.15) is 67.4 Å². The van der Waals surface area contributed by atoms with Gasteiger partial charge in [-0.05, 0) is 45.4 Å². The van der Waals surface area contributed by atoms with Gasteiger partial charge in [0.1, 0.15) is 5.01 Å². The van der Waals surface area contributed by atoms with Crippen molar-refractivity contribution in [3.63, 3.8) is 0 Å². The number of nitrogens with zero attached hydrogens (tertiary/aromatic N) is 1. The van der Waals surface area contributed by atoms with Gasteiger partial charge in [-0.2, -0.15) is 0 Å². The van der Waals surface area contributed by atoms with Gasteiger partial charge in [-0.1, -0.05) is 26.2 Å². The molecule has 2 rings (SSSR count). The van der Waals surface area contributed by atoms with Crippen LogP contribution in [0.2, 0.25) is 0 Å². The minimum atomic E-state index is 0.227. The molecule has 4 heteroatoms. The number of unbranched alkanes of at least 4 members (excludes halogenated alkanes) is 1. The Hall–Kier alpha value is -0.900. The summed E-state index contributed by atoms with van der Waals surface area (Å²) in [4.78, 5) is 18.0. The van der Waals surface area contributed by atoms with Crippen LogP contribution in [0.4, 0.5) is 0 Å². The first kappa shape index (κ1) is 16.5. The molecule has 0 radical (unpaired) electrons. The highest BCUT2D eigenvalue weighted by Gasteiger charge is 2.25. The maximum Gasteiger partial charge on any atom is 0.223 e. The van der Waals surface area contributed by atoms with Crippen molar-refractivity contribution in [1.82, 2.24) is 10.3 Å². The Labute approximate surface area is 132 Å². The summed E-state index contributed by atoms with van der Waals surface area (Å²) in [6, 6.07) is 0. The number of aryl methyl sites for hydroxylation is 2. The van der Waals surface area contributed by atoms with Crippen LogP contribution < -0.4 is 5.32 Å². The second-order valence-corrected chi connectivity index (χ2v) is 7.61. The first-order chi connectivity index (χ1) is 10.1. The molecule has 1 aromatic rings. The van der Waals surface area contributed by atoms with E-state index in [0.29, 0.717) is 6.54 Å². The quantitative estimate of drug-likeness (QED) is 0.847. The Kier molecular flexibility index (Phi) is 6.22. The summed E-state index contributed by atoms with van der Waals surface area (Å²) in [5, 5.41) is 4.10. The van der Waals surface area contributed by atoms with Crippen LogP contribution in [0, 0.1) is 25.7 Å². The molecule has 3 nitrogen and oxygen atoms in total. The van der Waals surface area contributed by atoms with Crippen molar-refractivity contribution in [2.75, 3.05) is 0 Å². The molecule has 1 aliphatic carbocycles. The second-order valence-electron chi connectivity index (χ2n) is 6.33. The fourth-order valence-corrected chi connectivity index (χ4v) is 4.00. The first-order valence-corrected chi connectivity index (χ1v) is 9.12. The fraction of sp³-hybridized carbons (Fsp3) is 0.765. The number of carbonyl (C=O) groups is 1. The van der Waals surface area contributed by atoms with E-state index in [1.165, 1.54) is 37.0 Å². The van der Waals surface area contributed by atoms with Crippen LogP contribution in [0.25, 0.3) is 0 Å². The van der Waals surface area contributed by atoms with Gasteiger partial charge in [0.05, 0.1) is 12.2 Å². The van der Waals surface area contributed by atoms with Gasteiger partial charge >= 0.3 is 0 Å². The average Bonchev–Trinajstić information content (AvgIpc) is 2.82. The van der Waals surface area contributed by atoms with E-state index in [9.17, 15) is 4.79 Å². The molecule has 0 spiro atoms. The Balaban J connectivity index is 1.72. The monoisotopic (exact) mass is 308 g/mol. The van der Waals surface area contributed by atoms with Crippen LogP contribution in [-0.4, -0.2) is 10.9 Å². The van der Waals surface area contributed by atoms with E-state index in [1.54, 1.807) is 11.3 Å². The van der Waals surface area contributed by atoms with Gasteiger partial charge in [0.25, 0.3) is 0 Å². The van der Waals surface area contributed by atoms with Crippen molar-refractivity contribution < 1.29 is 4.79 Å². The third-order valence-electron chi connectivity index (χ3n) is 4.67. The van der Waals surface area contributed by atoms with Gasteiger partial charge < -0.3 is 5.32 Å². The normalized spacial score (nSPS) is 22.2. The SMILES string of the molecule is CCCCC1CCC(C(=O)NCc2nc(C)c(C)s2)CC1. The summed E-state index contributed by atoms with van der Waals surface area (Å²) in [5.41, 5.74) is 1.08. The molecule has 1 amide bonds. The topological polar surface area (TPSA) is 42.0 Å². The third kappa shape index (κ3) is 4.80. The highest BCUT2D eigenvalue weighted by atomic mass is 32.1. The Bertz CT molecular complexity index is 442. The molecule has 118 valence electrons. The summed E-state index contributed by atoms with van der Waals surface area (Å²) >= 11 is 1.69. The molecule has 0 atom stereocenters. The highest BCUT2D eigenvalue weighted by Crippen LogP contribution is 2.32. The average molecular weight is 308 g/mol. The zero-order valence-electron chi connectivity index (χ0n) is 13.6. The van der Waals surface area contributed by atoms with Gasteiger partial charge in [-0.15, -0.1) is 11.3 Å². The third-order valence-corrected chi connectivity index (χ3v) is 5.74. The Morgan fingerprint density at radius 1 is 1.29 bits per heavy atom. The van der Waals surface area contributed by atoms with Crippen LogP contribution in [0.3, 0.4) is 0 Å². The van der Waals surface area contributed by atoms with Gasteiger partial charge in [0, 0.05) is 10.8 Å². The van der Waals surface area contributed by atoms with E-state index in [4.69, 9.17) is 0 Å². The van der Waals surface area contributed by atoms with Crippen molar-refractivity contribution in [2.24, 2.45) is 11.8 Å². The largest absolute Gasteiger partial charge is 0.349 e. The molecule has 0 aromatic carbocycles. The summed E-state index contributed by atoms with van der Waals surface area (Å²) in [6.07, 6.45) is 8.56. The molecule has 1 saturated carbocycles. The maximum atomic E-state index is 12.2. The number of carbonyl (C=O) groups excluding carboxylic acids is 1. The standard InChI is InChI=1S/C17H28N2OS/c1-4-5-6-14-7-9-15(10-8-14)17(20)18-11-16-19-12(2)13(3)21-16/h14-15H,4-11H2,1-3H3,(H,18,20). The van der Waals surface area contributed by atoms with Gasteiger partial charge in [-0.3, -0.25) is 4.79 Å². The molecule has 1 heterocycles. The van der Waals surface area contributed by atoms with Gasteiger partial charge in [-0.25, -0.2) is 4.98 Å². The molecule has 0 unspecified atom stereocenters. The lowest BCUT2D eigenvalue weighted by Gasteiger charge is -2.27. The lowest BCUT2D eigenvalue weighted by molar-refractivity contribution is -0.126. The molecular weight excluding hydrogens is 280 g/mol. The van der Waals surface area contributed by atoms with Crippen molar-refractivity contribution in [2.45, 2.75) is 72.3 Å². The molecule has 1 fully saturated rings. The molecule has 0 saturated heterocycles. The van der Waals surface area contributed by atoms with E-state index < -0.39 is 0 Å². The van der Waals surface area contributed by atoms with Gasteiger partial charge in [0.15, 0.2) is 0 Å². The number of rotatable bonds is 6. The number of nitrogens with one attached hydrogen (secondary N) is 1. The first-order valence-electron chi connectivity index (χ1n) is 8.30. The molecule has 1 N–H and O–H groups in total. The van der Waals surface area contributed by atoms with Crippen LogP contribution in [0.15, 0.2) is 0 Å². The number of hydrogen-bond acceptors (Lipinski definition) is 3. The predicted molar refractivity (Wildman–Crippen MR) is 88.4 cm³/mol.